The van der Waals surface area contributed by atoms with Crippen LogP contribution in [0.15, 0.2) is 91.0 Å². The average molecular weight is 567 g/mol. The van der Waals surface area contributed by atoms with E-state index < -0.39 is 49.2 Å². The predicted molar refractivity (Wildman–Crippen MR) is 148 cm³/mol. The van der Waals surface area contributed by atoms with Gasteiger partial charge in [0.1, 0.15) is 30.5 Å². The van der Waals surface area contributed by atoms with Crippen LogP contribution in [-0.4, -0.2) is 77.7 Å². The van der Waals surface area contributed by atoms with Crippen LogP contribution >= 0.6 is 0 Å². The third-order valence-corrected chi connectivity index (χ3v) is 7.13. The molecule has 2 fully saturated rings. The van der Waals surface area contributed by atoms with Gasteiger partial charge in [0.25, 0.3) is 0 Å². The quantitative estimate of drug-likeness (QED) is 0.304. The van der Waals surface area contributed by atoms with Crippen molar-refractivity contribution in [1.82, 2.24) is 0 Å². The molecule has 5 rings (SSSR count). The summed E-state index contributed by atoms with van der Waals surface area (Å²) in [6.07, 6.45) is -7.65. The van der Waals surface area contributed by atoms with E-state index in [2.05, 4.69) is 0 Å². The summed E-state index contributed by atoms with van der Waals surface area (Å²) in [6.45, 7) is 0.874. The predicted octanol–water partition coefficient (Wildman–Crippen LogP) is 2.94. The van der Waals surface area contributed by atoms with Crippen LogP contribution < -0.4 is 0 Å². The summed E-state index contributed by atoms with van der Waals surface area (Å²) in [4.78, 5) is 0. The van der Waals surface area contributed by atoms with E-state index in [1.165, 1.54) is 0 Å². The molecule has 2 saturated heterocycles. The highest BCUT2D eigenvalue weighted by Crippen LogP contribution is 2.31. The van der Waals surface area contributed by atoms with Crippen LogP contribution in [0.3, 0.4) is 0 Å². The minimum absolute atomic E-state index is 0.00807. The minimum Gasteiger partial charge on any atom is -0.391 e. The second-order valence-electron chi connectivity index (χ2n) is 10.4. The molecule has 0 saturated carbocycles. The van der Waals surface area contributed by atoms with Gasteiger partial charge in [-0.05, 0) is 16.7 Å². The zero-order valence-corrected chi connectivity index (χ0v) is 22.8. The molecule has 0 spiro atoms. The normalized spacial score (nSPS) is 30.2. The first-order chi connectivity index (χ1) is 20.1. The highest BCUT2D eigenvalue weighted by molar-refractivity contribution is 5.15. The Kier molecular flexibility index (Phi) is 10.9. The van der Waals surface area contributed by atoms with E-state index in [1.54, 1.807) is 0 Å². The molecule has 0 radical (unpaired) electrons. The maximum Gasteiger partial charge on any atom is 0.187 e. The Labute approximate surface area is 240 Å². The standard InChI is InChI=1S/C32H38O9/c33-25-16-26(34)31(39-20-25)41-29-28(35)27(21-36-17-22-10-4-1-5-11-22)40-32(38-19-24-14-8-3-9-15-24)30(29)37-18-23-12-6-2-7-13-23/h1-15,25-35H,16-21H2/t25-,26?,27?,28-,29-,30?,31-,32+/m0/s1. The number of ether oxygens (including phenoxy) is 6. The molecule has 220 valence electrons. The molecule has 3 aromatic rings. The zero-order chi connectivity index (χ0) is 28.4. The van der Waals surface area contributed by atoms with Gasteiger partial charge in [-0.3, -0.25) is 0 Å². The molecule has 3 unspecified atom stereocenters. The third-order valence-electron chi connectivity index (χ3n) is 7.13. The van der Waals surface area contributed by atoms with Crippen molar-refractivity contribution in [3.63, 3.8) is 0 Å². The van der Waals surface area contributed by atoms with E-state index >= 15 is 0 Å². The van der Waals surface area contributed by atoms with Crippen molar-refractivity contribution in [2.75, 3.05) is 13.2 Å². The lowest BCUT2D eigenvalue weighted by atomic mass is 9.98. The smallest absolute Gasteiger partial charge is 0.187 e. The van der Waals surface area contributed by atoms with Gasteiger partial charge in [-0.25, -0.2) is 0 Å². The molecule has 9 nitrogen and oxygen atoms in total. The Morgan fingerprint density at radius 3 is 1.80 bits per heavy atom. The molecule has 0 amide bonds. The Bertz CT molecular complexity index is 1150. The lowest BCUT2D eigenvalue weighted by Crippen LogP contribution is -2.62. The monoisotopic (exact) mass is 566 g/mol. The fourth-order valence-corrected chi connectivity index (χ4v) is 4.94. The lowest BCUT2D eigenvalue weighted by molar-refractivity contribution is -0.352. The van der Waals surface area contributed by atoms with Gasteiger partial charge in [0.2, 0.25) is 0 Å². The van der Waals surface area contributed by atoms with Crippen LogP contribution in [-0.2, 0) is 48.2 Å². The number of rotatable bonds is 12. The molecule has 8 atom stereocenters. The molecular formula is C32H38O9. The van der Waals surface area contributed by atoms with Crippen molar-refractivity contribution >= 4 is 0 Å². The Balaban J connectivity index is 1.35. The van der Waals surface area contributed by atoms with E-state index in [4.69, 9.17) is 28.4 Å². The number of hydrogen-bond donors (Lipinski definition) is 3. The summed E-state index contributed by atoms with van der Waals surface area (Å²) in [6, 6.07) is 29.0. The van der Waals surface area contributed by atoms with Gasteiger partial charge >= 0.3 is 0 Å². The number of aliphatic hydroxyl groups excluding tert-OH is 3. The second kappa shape index (κ2) is 15.0. The van der Waals surface area contributed by atoms with Gasteiger partial charge < -0.3 is 43.7 Å². The molecule has 41 heavy (non-hydrogen) atoms. The molecule has 2 heterocycles. The molecule has 0 bridgehead atoms. The second-order valence-corrected chi connectivity index (χ2v) is 10.4. The molecule has 0 aromatic heterocycles. The summed E-state index contributed by atoms with van der Waals surface area (Å²) < 4.78 is 36.6. The van der Waals surface area contributed by atoms with Crippen LogP contribution in [0, 0.1) is 0 Å². The Morgan fingerprint density at radius 2 is 1.22 bits per heavy atom. The Morgan fingerprint density at radius 1 is 0.659 bits per heavy atom. The first-order valence-electron chi connectivity index (χ1n) is 14.0. The fourth-order valence-electron chi connectivity index (χ4n) is 4.94. The topological polar surface area (TPSA) is 116 Å². The van der Waals surface area contributed by atoms with Crippen LogP contribution in [0.1, 0.15) is 23.1 Å². The molecule has 3 aromatic carbocycles. The van der Waals surface area contributed by atoms with Gasteiger partial charge in [0.15, 0.2) is 12.6 Å². The first-order valence-corrected chi connectivity index (χ1v) is 14.0. The van der Waals surface area contributed by atoms with Gasteiger partial charge in [0, 0.05) is 6.42 Å². The molecule has 9 heteroatoms. The average Bonchev–Trinajstić information content (AvgIpc) is 3.00. The SMILES string of the molecule is OC1C[C@H](O)CO[C@H]1O[C@@H]1C(OCc2ccccc2)[C@H](OCc2ccccc2)OC(COCc2ccccc2)[C@@H]1O. The van der Waals surface area contributed by atoms with Crippen molar-refractivity contribution in [2.45, 2.75) is 75.4 Å². The molecule has 2 aliphatic rings. The van der Waals surface area contributed by atoms with Crippen molar-refractivity contribution in [3.8, 4) is 0 Å². The number of benzene rings is 3. The van der Waals surface area contributed by atoms with Crippen LogP contribution in [0.4, 0.5) is 0 Å². The van der Waals surface area contributed by atoms with E-state index in [0.717, 1.165) is 16.7 Å². The van der Waals surface area contributed by atoms with Gasteiger partial charge in [-0.1, -0.05) is 91.0 Å². The fraction of sp³-hybridized carbons (Fsp3) is 0.438. The molecule has 2 aliphatic heterocycles. The van der Waals surface area contributed by atoms with Crippen molar-refractivity contribution in [2.24, 2.45) is 0 Å². The van der Waals surface area contributed by atoms with Crippen molar-refractivity contribution < 1.29 is 43.7 Å². The van der Waals surface area contributed by atoms with Gasteiger partial charge in [0.05, 0.1) is 39.1 Å². The first kappa shape index (κ1) is 29.8. The van der Waals surface area contributed by atoms with Crippen LogP contribution in [0.5, 0.6) is 0 Å². The van der Waals surface area contributed by atoms with Crippen molar-refractivity contribution in [1.29, 1.82) is 0 Å². The molecule has 3 N–H and O–H groups in total. The largest absolute Gasteiger partial charge is 0.391 e. The maximum atomic E-state index is 11.5. The zero-order valence-electron chi connectivity index (χ0n) is 22.8. The summed E-state index contributed by atoms with van der Waals surface area (Å²) >= 11 is 0. The molecular weight excluding hydrogens is 528 g/mol. The van der Waals surface area contributed by atoms with Gasteiger partial charge in [-0.15, -0.1) is 0 Å². The number of aliphatic hydroxyl groups is 3. The lowest BCUT2D eigenvalue weighted by Gasteiger charge is -2.46. The van der Waals surface area contributed by atoms with E-state index in [9.17, 15) is 15.3 Å². The van der Waals surface area contributed by atoms with Crippen molar-refractivity contribution in [3.05, 3.63) is 108 Å². The molecule has 0 aliphatic carbocycles. The number of hydrogen-bond acceptors (Lipinski definition) is 9. The third kappa shape index (κ3) is 8.42. The van der Waals surface area contributed by atoms with E-state index in [-0.39, 0.29) is 32.8 Å². The maximum absolute atomic E-state index is 11.5. The Hall–Kier alpha value is -2.70. The van der Waals surface area contributed by atoms with E-state index in [1.807, 2.05) is 91.0 Å². The van der Waals surface area contributed by atoms with Crippen LogP contribution in [0.2, 0.25) is 0 Å². The summed E-state index contributed by atoms with van der Waals surface area (Å²) in [5, 5.41) is 32.0. The minimum atomic E-state index is -1.19. The van der Waals surface area contributed by atoms with Gasteiger partial charge in [-0.2, -0.15) is 0 Å². The summed E-state index contributed by atoms with van der Waals surface area (Å²) in [5.41, 5.74) is 2.86. The highest BCUT2D eigenvalue weighted by Gasteiger charge is 2.49. The summed E-state index contributed by atoms with van der Waals surface area (Å²) in [7, 11) is 0. The summed E-state index contributed by atoms with van der Waals surface area (Å²) in [5.74, 6) is 0. The highest BCUT2D eigenvalue weighted by atomic mass is 16.7. The van der Waals surface area contributed by atoms with E-state index in [0.29, 0.717) is 6.61 Å². The van der Waals surface area contributed by atoms with Crippen LogP contribution in [0.25, 0.3) is 0 Å².